The van der Waals surface area contributed by atoms with Crippen LogP contribution in [0.1, 0.15) is 13.3 Å². The fourth-order valence-electron chi connectivity index (χ4n) is 1.42. The molecule has 1 N–H and O–H groups in total. The van der Waals surface area contributed by atoms with Gasteiger partial charge in [0.15, 0.2) is 0 Å². The molecule has 0 spiro atoms. The third-order valence-corrected chi connectivity index (χ3v) is 2.26. The summed E-state index contributed by atoms with van der Waals surface area (Å²) in [6.45, 7) is 10.6. The zero-order valence-electron chi connectivity index (χ0n) is 8.96. The number of hydrogen-bond acceptors (Lipinski definition) is 3. The van der Waals surface area contributed by atoms with Crippen molar-refractivity contribution in [1.82, 2.24) is 10.2 Å². The molecule has 0 aliphatic carbocycles. The minimum atomic E-state index is 0.810. The van der Waals surface area contributed by atoms with Crippen molar-refractivity contribution >= 4 is 0 Å². The van der Waals surface area contributed by atoms with Gasteiger partial charge in [-0.15, -0.1) is 0 Å². The molecular weight excluding hydrogens is 176 g/mol. The number of hydrogen-bond donors (Lipinski definition) is 1. The molecule has 1 aliphatic rings. The number of nitrogens with one attached hydrogen (secondary N) is 1. The molecule has 0 atom stereocenters. The molecule has 0 radical (unpaired) electrons. The van der Waals surface area contributed by atoms with Crippen molar-refractivity contribution in [2.24, 2.45) is 0 Å². The predicted molar refractivity (Wildman–Crippen MR) is 59.0 cm³/mol. The van der Waals surface area contributed by atoms with Crippen LogP contribution in [0.25, 0.3) is 0 Å². The molecule has 0 saturated carbocycles. The van der Waals surface area contributed by atoms with Crippen LogP contribution in [0.5, 0.6) is 0 Å². The van der Waals surface area contributed by atoms with Crippen molar-refractivity contribution in [2.75, 3.05) is 32.8 Å². The fourth-order valence-corrected chi connectivity index (χ4v) is 1.42. The van der Waals surface area contributed by atoms with Crippen molar-refractivity contribution in [2.45, 2.75) is 13.3 Å². The first kappa shape index (κ1) is 11.1. The number of ether oxygens (including phenoxy) is 1. The van der Waals surface area contributed by atoms with Crippen LogP contribution in [0.15, 0.2) is 24.6 Å². The van der Waals surface area contributed by atoms with E-state index >= 15 is 0 Å². The monoisotopic (exact) mass is 196 g/mol. The van der Waals surface area contributed by atoms with Gasteiger partial charge in [-0.05, 0) is 13.3 Å². The Morgan fingerprint density at radius 2 is 2.36 bits per heavy atom. The second kappa shape index (κ2) is 6.49. The maximum atomic E-state index is 5.38. The van der Waals surface area contributed by atoms with Crippen LogP contribution in [-0.2, 0) is 4.74 Å². The molecule has 0 unspecified atom stereocenters. The summed E-state index contributed by atoms with van der Waals surface area (Å²) in [7, 11) is 0. The van der Waals surface area contributed by atoms with Crippen molar-refractivity contribution < 1.29 is 4.74 Å². The SMILES string of the molecule is C=C(NC/C=C/C)N1CCCOCC1. The van der Waals surface area contributed by atoms with Gasteiger partial charge in [-0.1, -0.05) is 18.7 Å². The second-order valence-corrected chi connectivity index (χ2v) is 3.35. The van der Waals surface area contributed by atoms with Gasteiger partial charge in [-0.25, -0.2) is 0 Å². The number of nitrogens with zero attached hydrogens (tertiary/aromatic N) is 1. The molecule has 3 nitrogen and oxygen atoms in total. The largest absolute Gasteiger partial charge is 0.380 e. The average molecular weight is 196 g/mol. The van der Waals surface area contributed by atoms with Gasteiger partial charge in [0, 0.05) is 26.2 Å². The quantitative estimate of drug-likeness (QED) is 0.687. The van der Waals surface area contributed by atoms with Crippen molar-refractivity contribution in [3.63, 3.8) is 0 Å². The maximum absolute atomic E-state index is 5.38. The molecule has 0 bridgehead atoms. The predicted octanol–water partition coefficient (Wildman–Crippen LogP) is 1.35. The molecule has 1 aliphatic heterocycles. The first-order chi connectivity index (χ1) is 6.84. The molecule has 1 saturated heterocycles. The number of allylic oxidation sites excluding steroid dienone is 1. The summed E-state index contributed by atoms with van der Waals surface area (Å²) < 4.78 is 5.38. The molecular formula is C11H20N2O. The lowest BCUT2D eigenvalue weighted by Crippen LogP contribution is -2.33. The van der Waals surface area contributed by atoms with E-state index < -0.39 is 0 Å². The summed E-state index contributed by atoms with van der Waals surface area (Å²) in [6.07, 6.45) is 5.20. The van der Waals surface area contributed by atoms with Crippen molar-refractivity contribution in [3.8, 4) is 0 Å². The van der Waals surface area contributed by atoms with E-state index in [1.165, 1.54) is 0 Å². The molecule has 3 heteroatoms. The van der Waals surface area contributed by atoms with Gasteiger partial charge >= 0.3 is 0 Å². The summed E-state index contributed by atoms with van der Waals surface area (Å²) in [6, 6.07) is 0. The molecule has 0 aromatic rings. The van der Waals surface area contributed by atoms with E-state index in [2.05, 4.69) is 22.9 Å². The van der Waals surface area contributed by atoms with Crippen LogP contribution in [0.2, 0.25) is 0 Å². The minimum Gasteiger partial charge on any atom is -0.380 e. The molecule has 80 valence electrons. The summed E-state index contributed by atoms with van der Waals surface area (Å²) >= 11 is 0. The molecule has 1 rings (SSSR count). The van der Waals surface area contributed by atoms with Gasteiger partial charge in [0.05, 0.1) is 12.4 Å². The lowest BCUT2D eigenvalue weighted by atomic mass is 10.4. The van der Waals surface area contributed by atoms with E-state index in [4.69, 9.17) is 4.74 Å². The van der Waals surface area contributed by atoms with Crippen LogP contribution < -0.4 is 5.32 Å². The highest BCUT2D eigenvalue weighted by molar-refractivity contribution is 4.94. The number of rotatable bonds is 4. The van der Waals surface area contributed by atoms with E-state index in [9.17, 15) is 0 Å². The van der Waals surface area contributed by atoms with Gasteiger partial charge in [0.1, 0.15) is 0 Å². The van der Waals surface area contributed by atoms with E-state index in [1.54, 1.807) is 0 Å². The van der Waals surface area contributed by atoms with Crippen LogP contribution in [0.4, 0.5) is 0 Å². The molecule has 0 amide bonds. The normalized spacial score (nSPS) is 18.2. The zero-order valence-corrected chi connectivity index (χ0v) is 8.96. The smallest absolute Gasteiger partial charge is 0.0942 e. The summed E-state index contributed by atoms with van der Waals surface area (Å²) in [4.78, 5) is 2.25. The Hall–Kier alpha value is -0.960. The first-order valence-electron chi connectivity index (χ1n) is 5.21. The van der Waals surface area contributed by atoms with E-state index in [0.29, 0.717) is 0 Å². The molecule has 0 aromatic heterocycles. The van der Waals surface area contributed by atoms with Gasteiger partial charge in [0.2, 0.25) is 0 Å². The second-order valence-electron chi connectivity index (χ2n) is 3.35. The Balaban J connectivity index is 2.27. The van der Waals surface area contributed by atoms with Gasteiger partial charge in [-0.2, -0.15) is 0 Å². The van der Waals surface area contributed by atoms with E-state index in [-0.39, 0.29) is 0 Å². The highest BCUT2D eigenvalue weighted by atomic mass is 16.5. The fraction of sp³-hybridized carbons (Fsp3) is 0.636. The molecule has 1 heterocycles. The van der Waals surface area contributed by atoms with Crippen molar-refractivity contribution in [1.29, 1.82) is 0 Å². The highest BCUT2D eigenvalue weighted by Crippen LogP contribution is 2.03. The lowest BCUT2D eigenvalue weighted by molar-refractivity contribution is 0.144. The van der Waals surface area contributed by atoms with Gasteiger partial charge < -0.3 is 15.0 Å². The molecule has 14 heavy (non-hydrogen) atoms. The summed E-state index contributed by atoms with van der Waals surface area (Å²) in [5.74, 6) is 1.01. The zero-order chi connectivity index (χ0) is 10.2. The van der Waals surface area contributed by atoms with Crippen LogP contribution in [-0.4, -0.2) is 37.7 Å². The third kappa shape index (κ3) is 3.83. The third-order valence-electron chi connectivity index (χ3n) is 2.26. The Morgan fingerprint density at radius 1 is 1.50 bits per heavy atom. The lowest BCUT2D eigenvalue weighted by Gasteiger charge is -2.24. The Bertz CT molecular complexity index is 193. The average Bonchev–Trinajstić information content (AvgIpc) is 2.46. The minimum absolute atomic E-state index is 0.810. The van der Waals surface area contributed by atoms with E-state index in [1.807, 2.05) is 13.0 Å². The summed E-state index contributed by atoms with van der Waals surface area (Å²) in [5.41, 5.74) is 0. The Kier molecular flexibility index (Phi) is 5.15. The highest BCUT2D eigenvalue weighted by Gasteiger charge is 2.09. The standard InChI is InChI=1S/C11H20N2O/c1-3-4-6-12-11(2)13-7-5-9-14-10-8-13/h3-4,12H,2,5-10H2,1H3/b4-3+. The topological polar surface area (TPSA) is 24.5 Å². The van der Waals surface area contributed by atoms with Crippen molar-refractivity contribution in [3.05, 3.63) is 24.6 Å². The Morgan fingerprint density at radius 3 is 3.14 bits per heavy atom. The molecule has 1 fully saturated rings. The molecule has 0 aromatic carbocycles. The van der Waals surface area contributed by atoms with Crippen LogP contribution in [0.3, 0.4) is 0 Å². The summed E-state index contributed by atoms with van der Waals surface area (Å²) in [5, 5.41) is 3.27. The van der Waals surface area contributed by atoms with Gasteiger partial charge in [-0.3, -0.25) is 0 Å². The maximum Gasteiger partial charge on any atom is 0.0942 e. The van der Waals surface area contributed by atoms with Crippen LogP contribution >= 0.6 is 0 Å². The van der Waals surface area contributed by atoms with E-state index in [0.717, 1.165) is 45.1 Å². The van der Waals surface area contributed by atoms with Gasteiger partial charge in [0.25, 0.3) is 0 Å². The first-order valence-corrected chi connectivity index (χ1v) is 5.21. The van der Waals surface area contributed by atoms with Crippen LogP contribution in [0, 0.1) is 0 Å². The Labute approximate surface area is 86.4 Å².